The van der Waals surface area contributed by atoms with E-state index in [0.717, 1.165) is 24.2 Å². The van der Waals surface area contributed by atoms with Gasteiger partial charge in [-0.05, 0) is 54.8 Å². The van der Waals surface area contributed by atoms with Crippen LogP contribution in [0.4, 0.5) is 5.69 Å². The number of anilines is 1. The van der Waals surface area contributed by atoms with Gasteiger partial charge >= 0.3 is 5.97 Å². The molecule has 0 unspecified atom stereocenters. The van der Waals surface area contributed by atoms with Crippen molar-refractivity contribution in [2.45, 2.75) is 19.3 Å². The molecule has 134 valence electrons. The number of hydrogen-bond acceptors (Lipinski definition) is 3. The quantitative estimate of drug-likeness (QED) is 0.836. The Labute approximate surface area is 151 Å². The first-order valence-electron chi connectivity index (χ1n) is 8.55. The number of nitrogens with one attached hydrogen (secondary N) is 1. The second kappa shape index (κ2) is 7.82. The summed E-state index contributed by atoms with van der Waals surface area (Å²) >= 11 is 0. The van der Waals surface area contributed by atoms with Crippen LogP contribution in [0.2, 0.25) is 0 Å². The number of aromatic carboxylic acids is 1. The van der Waals surface area contributed by atoms with Gasteiger partial charge in [0, 0.05) is 30.8 Å². The number of carboxylic acids is 1. The van der Waals surface area contributed by atoms with Gasteiger partial charge in [0.15, 0.2) is 0 Å². The smallest absolute Gasteiger partial charge is 0.335 e. The molecule has 0 saturated carbocycles. The molecule has 0 aromatic heterocycles. The number of nitrogens with zero attached hydrogens (tertiary/aromatic N) is 1. The van der Waals surface area contributed by atoms with E-state index in [-0.39, 0.29) is 17.4 Å². The molecule has 1 saturated heterocycles. The minimum absolute atomic E-state index is 0.116. The maximum Gasteiger partial charge on any atom is 0.335 e. The number of rotatable bonds is 6. The average molecular weight is 352 g/mol. The maximum atomic E-state index is 12.2. The van der Waals surface area contributed by atoms with Crippen LogP contribution in [0.3, 0.4) is 0 Å². The van der Waals surface area contributed by atoms with Crippen molar-refractivity contribution in [3.05, 3.63) is 65.2 Å². The first-order valence-corrected chi connectivity index (χ1v) is 8.55. The van der Waals surface area contributed by atoms with Gasteiger partial charge in [0.2, 0.25) is 5.91 Å². The summed E-state index contributed by atoms with van der Waals surface area (Å²) in [5.41, 5.74) is 2.43. The number of carboxylic acid groups (broad SMARTS) is 1. The molecule has 0 atom stereocenters. The molecular formula is C20H20N2O4. The van der Waals surface area contributed by atoms with E-state index < -0.39 is 5.97 Å². The molecule has 2 aromatic carbocycles. The van der Waals surface area contributed by atoms with Crippen molar-refractivity contribution >= 4 is 23.5 Å². The van der Waals surface area contributed by atoms with Gasteiger partial charge in [-0.3, -0.25) is 9.59 Å². The van der Waals surface area contributed by atoms with Gasteiger partial charge < -0.3 is 15.3 Å². The Balaban J connectivity index is 1.54. The molecule has 1 fully saturated rings. The zero-order chi connectivity index (χ0) is 18.5. The van der Waals surface area contributed by atoms with E-state index >= 15 is 0 Å². The summed E-state index contributed by atoms with van der Waals surface area (Å²) in [6, 6.07) is 13.7. The summed E-state index contributed by atoms with van der Waals surface area (Å²) in [5.74, 6) is -1.04. The SMILES string of the molecule is O=C(O)c1cccc(CCNC(=O)c2ccc(N3CCCC3=O)cc2)c1. The second-order valence-corrected chi connectivity index (χ2v) is 6.21. The summed E-state index contributed by atoms with van der Waals surface area (Å²) in [5, 5.41) is 11.8. The molecular weight excluding hydrogens is 332 g/mol. The Morgan fingerprint density at radius 1 is 1.08 bits per heavy atom. The van der Waals surface area contributed by atoms with Crippen LogP contribution in [0.1, 0.15) is 39.1 Å². The Kier molecular flexibility index (Phi) is 5.31. The number of carbonyl (C=O) groups is 3. The van der Waals surface area contributed by atoms with Gasteiger partial charge in [-0.15, -0.1) is 0 Å². The van der Waals surface area contributed by atoms with Crippen LogP contribution in [-0.2, 0) is 11.2 Å². The van der Waals surface area contributed by atoms with Crippen LogP contribution in [0, 0.1) is 0 Å². The summed E-state index contributed by atoms with van der Waals surface area (Å²) in [7, 11) is 0. The third-order valence-corrected chi connectivity index (χ3v) is 4.39. The standard InChI is InChI=1S/C20H20N2O4/c23-18-5-2-12-22(18)17-8-6-15(7-9-17)19(24)21-11-10-14-3-1-4-16(13-14)20(25)26/h1,3-4,6-9,13H,2,5,10-12H2,(H,21,24)(H,25,26). The van der Waals surface area contributed by atoms with Gasteiger partial charge in [-0.1, -0.05) is 12.1 Å². The third kappa shape index (κ3) is 4.08. The zero-order valence-corrected chi connectivity index (χ0v) is 14.3. The van der Waals surface area contributed by atoms with Crippen molar-refractivity contribution in [2.75, 3.05) is 18.0 Å². The molecule has 6 nitrogen and oxygen atoms in total. The molecule has 1 heterocycles. The molecule has 2 N–H and O–H groups in total. The number of amides is 2. The summed E-state index contributed by atoms with van der Waals surface area (Å²) < 4.78 is 0. The lowest BCUT2D eigenvalue weighted by molar-refractivity contribution is -0.117. The second-order valence-electron chi connectivity index (χ2n) is 6.21. The van der Waals surface area contributed by atoms with Gasteiger partial charge in [0.25, 0.3) is 5.91 Å². The first-order chi connectivity index (χ1) is 12.5. The fourth-order valence-corrected chi connectivity index (χ4v) is 3.00. The Bertz CT molecular complexity index is 830. The number of carbonyl (C=O) groups excluding carboxylic acids is 2. The third-order valence-electron chi connectivity index (χ3n) is 4.39. The summed E-state index contributed by atoms with van der Waals surface area (Å²) in [6.07, 6.45) is 1.99. The number of benzene rings is 2. The summed E-state index contributed by atoms with van der Waals surface area (Å²) in [6.45, 7) is 1.13. The molecule has 0 aliphatic carbocycles. The van der Waals surface area contributed by atoms with E-state index in [1.165, 1.54) is 6.07 Å². The van der Waals surface area contributed by atoms with E-state index in [1.807, 2.05) is 6.07 Å². The van der Waals surface area contributed by atoms with Crippen molar-refractivity contribution in [2.24, 2.45) is 0 Å². The predicted molar refractivity (Wildman–Crippen MR) is 97.5 cm³/mol. The number of hydrogen-bond donors (Lipinski definition) is 2. The lowest BCUT2D eigenvalue weighted by Gasteiger charge is -2.15. The highest BCUT2D eigenvalue weighted by Gasteiger charge is 2.21. The highest BCUT2D eigenvalue weighted by Crippen LogP contribution is 2.21. The van der Waals surface area contributed by atoms with Crippen LogP contribution in [0.15, 0.2) is 48.5 Å². The van der Waals surface area contributed by atoms with Crippen LogP contribution < -0.4 is 10.2 Å². The van der Waals surface area contributed by atoms with Gasteiger partial charge in [-0.2, -0.15) is 0 Å². The molecule has 0 bridgehead atoms. The Morgan fingerprint density at radius 3 is 2.50 bits per heavy atom. The first kappa shape index (κ1) is 17.7. The Morgan fingerprint density at radius 2 is 1.85 bits per heavy atom. The lowest BCUT2D eigenvalue weighted by Crippen LogP contribution is -2.26. The average Bonchev–Trinajstić information content (AvgIpc) is 3.08. The topological polar surface area (TPSA) is 86.7 Å². The molecule has 3 rings (SSSR count). The van der Waals surface area contributed by atoms with Crippen molar-refractivity contribution in [3.63, 3.8) is 0 Å². The zero-order valence-electron chi connectivity index (χ0n) is 14.3. The van der Waals surface area contributed by atoms with Crippen molar-refractivity contribution in [1.82, 2.24) is 5.32 Å². The molecule has 2 amide bonds. The van der Waals surface area contributed by atoms with Crippen molar-refractivity contribution in [1.29, 1.82) is 0 Å². The molecule has 0 spiro atoms. The monoisotopic (exact) mass is 352 g/mol. The highest BCUT2D eigenvalue weighted by molar-refractivity contribution is 5.97. The van der Waals surface area contributed by atoms with Gasteiger partial charge in [0.05, 0.1) is 5.56 Å². The normalized spacial score (nSPS) is 13.7. The predicted octanol–water partition coefficient (Wildman–Crippen LogP) is 2.48. The molecule has 26 heavy (non-hydrogen) atoms. The molecule has 6 heteroatoms. The van der Waals surface area contributed by atoms with Crippen molar-refractivity contribution in [3.8, 4) is 0 Å². The van der Waals surface area contributed by atoms with Gasteiger partial charge in [-0.25, -0.2) is 4.79 Å². The van der Waals surface area contributed by atoms with Crippen LogP contribution in [-0.4, -0.2) is 36.0 Å². The van der Waals surface area contributed by atoms with E-state index in [0.29, 0.717) is 24.9 Å². The minimum Gasteiger partial charge on any atom is -0.478 e. The van der Waals surface area contributed by atoms with Crippen LogP contribution in [0.25, 0.3) is 0 Å². The Hall–Kier alpha value is -3.15. The van der Waals surface area contributed by atoms with Crippen LogP contribution in [0.5, 0.6) is 0 Å². The highest BCUT2D eigenvalue weighted by atomic mass is 16.4. The lowest BCUT2D eigenvalue weighted by atomic mass is 10.1. The fourth-order valence-electron chi connectivity index (χ4n) is 3.00. The minimum atomic E-state index is -0.965. The van der Waals surface area contributed by atoms with Crippen LogP contribution >= 0.6 is 0 Å². The van der Waals surface area contributed by atoms with E-state index in [4.69, 9.17) is 5.11 Å². The maximum absolute atomic E-state index is 12.2. The molecule has 1 aliphatic heterocycles. The molecule has 1 aliphatic rings. The van der Waals surface area contributed by atoms with E-state index in [1.54, 1.807) is 41.3 Å². The van der Waals surface area contributed by atoms with Gasteiger partial charge in [0.1, 0.15) is 0 Å². The fraction of sp³-hybridized carbons (Fsp3) is 0.250. The molecule has 2 aromatic rings. The summed E-state index contributed by atoms with van der Waals surface area (Å²) in [4.78, 5) is 36.7. The largest absolute Gasteiger partial charge is 0.478 e. The molecule has 0 radical (unpaired) electrons. The van der Waals surface area contributed by atoms with Crippen molar-refractivity contribution < 1.29 is 19.5 Å². The van der Waals surface area contributed by atoms with E-state index in [9.17, 15) is 14.4 Å². The van der Waals surface area contributed by atoms with E-state index in [2.05, 4.69) is 5.32 Å².